The van der Waals surface area contributed by atoms with Crippen LogP contribution in [0.2, 0.25) is 0 Å². The Labute approximate surface area is 83.6 Å². The van der Waals surface area contributed by atoms with Gasteiger partial charge in [-0.05, 0) is 33.5 Å². The van der Waals surface area contributed by atoms with E-state index in [-0.39, 0.29) is 0 Å². The van der Waals surface area contributed by atoms with E-state index in [1.54, 1.807) is 0 Å². The third-order valence-corrected chi connectivity index (χ3v) is 2.21. The van der Waals surface area contributed by atoms with Crippen molar-refractivity contribution in [1.82, 2.24) is 0 Å². The van der Waals surface area contributed by atoms with Crippen LogP contribution in [-0.2, 0) is 0 Å². The number of halogens is 1. The molecule has 0 bridgehead atoms. The highest BCUT2D eigenvalue weighted by Crippen LogP contribution is 2.13. The van der Waals surface area contributed by atoms with Gasteiger partial charge in [0, 0.05) is 4.47 Å². The van der Waals surface area contributed by atoms with Crippen molar-refractivity contribution in [2.24, 2.45) is 5.73 Å². The molecule has 1 rings (SSSR count). The number of rotatable bonds is 2. The van der Waals surface area contributed by atoms with Gasteiger partial charge in [0.15, 0.2) is 0 Å². The average Bonchev–Trinajstić information content (AvgIpc) is 2.03. The summed E-state index contributed by atoms with van der Waals surface area (Å²) in [5, 5.41) is 17.6. The molecule has 0 heterocycles. The zero-order valence-electron chi connectivity index (χ0n) is 6.57. The maximum atomic E-state index is 10.8. The van der Waals surface area contributed by atoms with Crippen LogP contribution >= 0.6 is 15.9 Å². The van der Waals surface area contributed by atoms with E-state index in [1.165, 1.54) is 18.2 Å². The number of nitrogens with two attached hydrogens (primary N) is 1. The molecule has 4 nitrogen and oxygen atoms in total. The van der Waals surface area contributed by atoms with Gasteiger partial charge < -0.3 is 15.8 Å². The van der Waals surface area contributed by atoms with Gasteiger partial charge in [0.1, 0.15) is 0 Å². The Balaban J connectivity index is 3.13. The van der Waals surface area contributed by atoms with Crippen molar-refractivity contribution in [2.75, 3.05) is 0 Å². The minimum atomic E-state index is -1.54. The van der Waals surface area contributed by atoms with Gasteiger partial charge in [-0.2, -0.15) is 0 Å². The smallest absolute Gasteiger partial charge is 0.423 e. The number of hydrogen-bond acceptors (Lipinski definition) is 3. The second kappa shape index (κ2) is 3.91. The lowest BCUT2D eigenvalue weighted by Crippen LogP contribution is -2.30. The number of carbonyl (C=O) groups is 1. The van der Waals surface area contributed by atoms with Crippen LogP contribution in [0.15, 0.2) is 22.7 Å². The maximum absolute atomic E-state index is 10.8. The molecule has 0 aliphatic carbocycles. The topological polar surface area (TPSA) is 83.6 Å². The summed E-state index contributed by atoms with van der Waals surface area (Å²) < 4.78 is 0.450. The normalized spacial score (nSPS) is 9.77. The van der Waals surface area contributed by atoms with Crippen LogP contribution in [0.25, 0.3) is 0 Å². The standard InChI is InChI=1S/C7H7BBrNO3/c9-6-3-4(8(12)13)1-2-5(6)7(10)11/h1-3,12-13H,(H2,10,11). The highest BCUT2D eigenvalue weighted by molar-refractivity contribution is 9.10. The average molecular weight is 244 g/mol. The highest BCUT2D eigenvalue weighted by atomic mass is 79.9. The molecule has 1 aromatic carbocycles. The van der Waals surface area contributed by atoms with E-state index in [0.717, 1.165) is 0 Å². The SMILES string of the molecule is NC(=O)c1ccc(B(O)O)cc1Br. The third kappa shape index (κ3) is 2.30. The van der Waals surface area contributed by atoms with Crippen LogP contribution in [0.5, 0.6) is 0 Å². The predicted molar refractivity (Wildman–Crippen MR) is 52.5 cm³/mol. The van der Waals surface area contributed by atoms with Gasteiger partial charge >= 0.3 is 7.12 Å². The first-order chi connectivity index (χ1) is 6.02. The molecular weight excluding hydrogens is 237 g/mol. The molecule has 0 atom stereocenters. The number of primary amides is 1. The summed E-state index contributed by atoms with van der Waals surface area (Å²) in [4.78, 5) is 10.8. The fraction of sp³-hybridized carbons (Fsp3) is 0. The van der Waals surface area contributed by atoms with E-state index in [0.29, 0.717) is 15.5 Å². The van der Waals surface area contributed by atoms with Gasteiger partial charge in [0.05, 0.1) is 5.56 Å². The fourth-order valence-electron chi connectivity index (χ4n) is 0.892. The van der Waals surface area contributed by atoms with Gasteiger partial charge in [0.2, 0.25) is 5.91 Å². The molecule has 0 saturated heterocycles. The van der Waals surface area contributed by atoms with Crippen molar-refractivity contribution in [3.05, 3.63) is 28.2 Å². The first kappa shape index (κ1) is 10.2. The third-order valence-electron chi connectivity index (χ3n) is 1.56. The van der Waals surface area contributed by atoms with Crippen LogP contribution in [0.4, 0.5) is 0 Å². The Morgan fingerprint density at radius 2 is 2.08 bits per heavy atom. The van der Waals surface area contributed by atoms with E-state index in [2.05, 4.69) is 15.9 Å². The van der Waals surface area contributed by atoms with E-state index in [4.69, 9.17) is 15.8 Å². The second-order valence-electron chi connectivity index (χ2n) is 2.48. The number of hydrogen-bond donors (Lipinski definition) is 3. The summed E-state index contributed by atoms with van der Waals surface area (Å²) in [6.45, 7) is 0. The Bertz CT molecular complexity index is 343. The lowest BCUT2D eigenvalue weighted by Gasteiger charge is -2.03. The van der Waals surface area contributed by atoms with Crippen LogP contribution in [-0.4, -0.2) is 23.1 Å². The van der Waals surface area contributed by atoms with Gasteiger partial charge in [-0.25, -0.2) is 0 Å². The van der Waals surface area contributed by atoms with Crippen molar-refractivity contribution in [2.45, 2.75) is 0 Å². The molecule has 6 heteroatoms. The fourth-order valence-corrected chi connectivity index (χ4v) is 1.48. The van der Waals surface area contributed by atoms with E-state index in [9.17, 15) is 4.79 Å². The molecule has 0 unspecified atom stereocenters. The molecule has 1 aromatic rings. The molecule has 0 fully saturated rings. The van der Waals surface area contributed by atoms with Crippen LogP contribution in [0.3, 0.4) is 0 Å². The van der Waals surface area contributed by atoms with Crippen LogP contribution < -0.4 is 11.2 Å². The monoisotopic (exact) mass is 243 g/mol. The number of carbonyl (C=O) groups excluding carboxylic acids is 1. The van der Waals surface area contributed by atoms with E-state index >= 15 is 0 Å². The first-order valence-electron chi connectivity index (χ1n) is 3.47. The lowest BCUT2D eigenvalue weighted by molar-refractivity contribution is 0.0999. The summed E-state index contributed by atoms with van der Waals surface area (Å²) in [5.41, 5.74) is 5.66. The quantitative estimate of drug-likeness (QED) is 0.597. The number of amides is 1. The Kier molecular flexibility index (Phi) is 3.08. The van der Waals surface area contributed by atoms with Crippen molar-refractivity contribution >= 4 is 34.4 Å². The molecule has 68 valence electrons. The zero-order chi connectivity index (χ0) is 10.0. The maximum Gasteiger partial charge on any atom is 0.488 e. The Morgan fingerprint density at radius 3 is 2.46 bits per heavy atom. The summed E-state index contributed by atoms with van der Waals surface area (Å²) >= 11 is 3.09. The lowest BCUT2D eigenvalue weighted by atomic mass is 9.80. The summed E-state index contributed by atoms with van der Waals surface area (Å²) in [6.07, 6.45) is 0. The molecular formula is C7H7BBrNO3. The van der Waals surface area contributed by atoms with Crippen molar-refractivity contribution in [1.29, 1.82) is 0 Å². The van der Waals surface area contributed by atoms with Crippen molar-refractivity contribution in [3.8, 4) is 0 Å². The molecule has 0 aliphatic heterocycles. The highest BCUT2D eigenvalue weighted by Gasteiger charge is 2.13. The molecule has 0 aliphatic rings. The van der Waals surface area contributed by atoms with Gasteiger partial charge in [-0.15, -0.1) is 0 Å². The van der Waals surface area contributed by atoms with Crippen molar-refractivity contribution in [3.63, 3.8) is 0 Å². The Morgan fingerprint density at radius 1 is 1.46 bits per heavy atom. The van der Waals surface area contributed by atoms with Gasteiger partial charge in [-0.1, -0.05) is 6.07 Å². The zero-order valence-corrected chi connectivity index (χ0v) is 8.15. The molecule has 4 N–H and O–H groups in total. The minimum Gasteiger partial charge on any atom is -0.423 e. The van der Waals surface area contributed by atoms with E-state index in [1.807, 2.05) is 0 Å². The molecule has 0 spiro atoms. The largest absolute Gasteiger partial charge is 0.488 e. The summed E-state index contributed by atoms with van der Waals surface area (Å²) in [7, 11) is -1.54. The second-order valence-corrected chi connectivity index (χ2v) is 3.33. The predicted octanol–water partition coefficient (Wildman–Crippen LogP) is -0.772. The van der Waals surface area contributed by atoms with Gasteiger partial charge in [-0.3, -0.25) is 4.79 Å². The molecule has 1 amide bonds. The van der Waals surface area contributed by atoms with Crippen LogP contribution in [0, 0.1) is 0 Å². The molecule has 0 saturated carbocycles. The van der Waals surface area contributed by atoms with E-state index < -0.39 is 13.0 Å². The Hall–Kier alpha value is -0.845. The molecule has 13 heavy (non-hydrogen) atoms. The molecule has 0 radical (unpaired) electrons. The van der Waals surface area contributed by atoms with Crippen LogP contribution in [0.1, 0.15) is 10.4 Å². The van der Waals surface area contributed by atoms with Crippen molar-refractivity contribution < 1.29 is 14.8 Å². The first-order valence-corrected chi connectivity index (χ1v) is 4.27. The number of benzene rings is 1. The minimum absolute atomic E-state index is 0.303. The molecule has 0 aromatic heterocycles. The summed E-state index contributed by atoms with van der Waals surface area (Å²) in [5.74, 6) is -0.564. The summed E-state index contributed by atoms with van der Waals surface area (Å²) in [6, 6.07) is 4.29. The van der Waals surface area contributed by atoms with Gasteiger partial charge in [0.25, 0.3) is 0 Å².